The molecule has 0 aliphatic heterocycles. The van der Waals surface area contributed by atoms with Crippen LogP contribution in [0.25, 0.3) is 11.0 Å². The highest BCUT2D eigenvalue weighted by atomic mass is 16.5. The van der Waals surface area contributed by atoms with Crippen LogP contribution in [-0.4, -0.2) is 18.2 Å². The third-order valence-corrected chi connectivity index (χ3v) is 2.14. The van der Waals surface area contributed by atoms with Crippen molar-refractivity contribution < 1.29 is 19.1 Å². The van der Waals surface area contributed by atoms with Gasteiger partial charge in [-0.2, -0.15) is 0 Å². The first kappa shape index (κ1) is 9.73. The van der Waals surface area contributed by atoms with Gasteiger partial charge in [0, 0.05) is 5.39 Å². The largest absolute Gasteiger partial charge is 0.467 e. The van der Waals surface area contributed by atoms with Gasteiger partial charge in [0.05, 0.1) is 7.11 Å². The monoisotopic (exact) mass is 206 g/mol. The highest BCUT2D eigenvalue weighted by Gasteiger charge is 2.21. The fourth-order valence-corrected chi connectivity index (χ4v) is 1.36. The number of methoxy groups -OCH3 is 1. The molecule has 1 N–H and O–H groups in total. The number of rotatable bonds is 2. The molecule has 2 rings (SSSR count). The fourth-order valence-electron chi connectivity index (χ4n) is 1.36. The van der Waals surface area contributed by atoms with Crippen LogP contribution in [0.3, 0.4) is 0 Å². The van der Waals surface area contributed by atoms with E-state index in [1.54, 1.807) is 12.1 Å². The van der Waals surface area contributed by atoms with Crippen molar-refractivity contribution in [2.45, 2.75) is 6.10 Å². The van der Waals surface area contributed by atoms with Crippen LogP contribution in [0.5, 0.6) is 0 Å². The molecule has 0 saturated carbocycles. The number of carbonyl (C=O) groups is 1. The summed E-state index contributed by atoms with van der Waals surface area (Å²) < 4.78 is 9.72. The molecule has 0 spiro atoms. The molecule has 0 fully saturated rings. The molecular formula is C11H10O4. The van der Waals surface area contributed by atoms with E-state index in [4.69, 9.17) is 4.42 Å². The number of furan rings is 1. The van der Waals surface area contributed by atoms with Gasteiger partial charge in [0.25, 0.3) is 0 Å². The van der Waals surface area contributed by atoms with Gasteiger partial charge in [-0.3, -0.25) is 0 Å². The maximum atomic E-state index is 11.1. The Morgan fingerprint density at radius 2 is 2.20 bits per heavy atom. The number of hydrogen-bond acceptors (Lipinski definition) is 4. The average molecular weight is 206 g/mol. The molecule has 0 bridgehead atoms. The van der Waals surface area contributed by atoms with Crippen molar-refractivity contribution in [1.82, 2.24) is 0 Å². The topological polar surface area (TPSA) is 59.7 Å². The highest BCUT2D eigenvalue weighted by Crippen LogP contribution is 2.24. The van der Waals surface area contributed by atoms with Crippen molar-refractivity contribution in [3.05, 3.63) is 36.1 Å². The summed E-state index contributed by atoms with van der Waals surface area (Å²) in [6.45, 7) is 0. The molecule has 0 radical (unpaired) electrons. The van der Waals surface area contributed by atoms with Gasteiger partial charge >= 0.3 is 5.97 Å². The number of benzene rings is 1. The second kappa shape index (κ2) is 3.74. The van der Waals surface area contributed by atoms with E-state index in [1.807, 2.05) is 18.2 Å². The molecule has 78 valence electrons. The van der Waals surface area contributed by atoms with Gasteiger partial charge in [0.2, 0.25) is 6.10 Å². The van der Waals surface area contributed by atoms with Crippen molar-refractivity contribution in [1.29, 1.82) is 0 Å². The number of esters is 1. The predicted molar refractivity (Wildman–Crippen MR) is 53.2 cm³/mol. The molecule has 1 aromatic heterocycles. The zero-order valence-electron chi connectivity index (χ0n) is 8.14. The quantitative estimate of drug-likeness (QED) is 0.759. The second-order valence-corrected chi connectivity index (χ2v) is 3.11. The summed E-state index contributed by atoms with van der Waals surface area (Å²) in [6.07, 6.45) is -1.36. The van der Waals surface area contributed by atoms with Crippen LogP contribution in [0.4, 0.5) is 0 Å². The standard InChI is InChI=1S/C11H10O4/c1-14-11(13)10(12)9-6-7-4-2-3-5-8(7)15-9/h2-6,10,12H,1H3. The summed E-state index contributed by atoms with van der Waals surface area (Å²) in [4.78, 5) is 11.1. The van der Waals surface area contributed by atoms with Crippen molar-refractivity contribution >= 4 is 16.9 Å². The molecule has 1 heterocycles. The second-order valence-electron chi connectivity index (χ2n) is 3.11. The molecule has 1 atom stereocenters. The van der Waals surface area contributed by atoms with Crippen molar-refractivity contribution in [3.63, 3.8) is 0 Å². The van der Waals surface area contributed by atoms with Gasteiger partial charge in [-0.25, -0.2) is 4.79 Å². The molecule has 0 saturated heterocycles. The lowest BCUT2D eigenvalue weighted by Crippen LogP contribution is -2.12. The van der Waals surface area contributed by atoms with E-state index < -0.39 is 12.1 Å². The average Bonchev–Trinajstić information content (AvgIpc) is 2.70. The summed E-state index contributed by atoms with van der Waals surface area (Å²) in [6, 6.07) is 8.90. The molecule has 2 aromatic rings. The number of aliphatic hydroxyl groups is 1. The Kier molecular flexibility index (Phi) is 2.43. The summed E-state index contributed by atoms with van der Waals surface area (Å²) >= 11 is 0. The molecule has 4 nitrogen and oxygen atoms in total. The minimum absolute atomic E-state index is 0.197. The Bertz CT molecular complexity index is 453. The van der Waals surface area contributed by atoms with Crippen LogP contribution in [0.15, 0.2) is 34.7 Å². The lowest BCUT2D eigenvalue weighted by molar-refractivity contribution is -0.151. The number of carbonyl (C=O) groups excluding carboxylic acids is 1. The third-order valence-electron chi connectivity index (χ3n) is 2.14. The number of fused-ring (bicyclic) bond motifs is 1. The van der Waals surface area contributed by atoms with Crippen LogP contribution < -0.4 is 0 Å². The Labute approximate surface area is 86.1 Å². The molecule has 1 unspecified atom stereocenters. The maximum absolute atomic E-state index is 11.1. The Hall–Kier alpha value is -1.81. The van der Waals surface area contributed by atoms with E-state index in [0.29, 0.717) is 5.58 Å². The summed E-state index contributed by atoms with van der Waals surface area (Å²) in [5, 5.41) is 10.4. The van der Waals surface area contributed by atoms with Gasteiger partial charge in [-0.05, 0) is 12.1 Å². The molecule has 0 aliphatic carbocycles. The van der Waals surface area contributed by atoms with Crippen molar-refractivity contribution in [2.24, 2.45) is 0 Å². The molecule has 0 amide bonds. The fraction of sp³-hybridized carbons (Fsp3) is 0.182. The van der Waals surface area contributed by atoms with Crippen LogP contribution in [0, 0.1) is 0 Å². The maximum Gasteiger partial charge on any atom is 0.342 e. The van der Waals surface area contributed by atoms with Crippen molar-refractivity contribution in [2.75, 3.05) is 7.11 Å². The Morgan fingerprint density at radius 1 is 1.47 bits per heavy atom. The van der Waals surface area contributed by atoms with E-state index in [2.05, 4.69) is 4.74 Å². The summed E-state index contributed by atoms with van der Waals surface area (Å²) in [5.74, 6) is -0.530. The number of ether oxygens (including phenoxy) is 1. The smallest absolute Gasteiger partial charge is 0.342 e. The molecule has 4 heteroatoms. The predicted octanol–water partition coefficient (Wildman–Crippen LogP) is 1.64. The molecule has 0 aliphatic rings. The van der Waals surface area contributed by atoms with E-state index >= 15 is 0 Å². The van der Waals surface area contributed by atoms with E-state index in [-0.39, 0.29) is 5.76 Å². The van der Waals surface area contributed by atoms with Gasteiger partial charge in [0.1, 0.15) is 11.3 Å². The third kappa shape index (κ3) is 1.71. The van der Waals surface area contributed by atoms with Gasteiger partial charge in [-0.15, -0.1) is 0 Å². The Balaban J connectivity index is 2.40. The van der Waals surface area contributed by atoms with Crippen molar-refractivity contribution in [3.8, 4) is 0 Å². The first-order valence-electron chi connectivity index (χ1n) is 4.46. The van der Waals surface area contributed by atoms with Gasteiger partial charge in [0.15, 0.2) is 0 Å². The zero-order valence-corrected chi connectivity index (χ0v) is 8.14. The summed E-state index contributed by atoms with van der Waals surface area (Å²) in [7, 11) is 1.22. The number of aliphatic hydroxyl groups excluding tert-OH is 1. The van der Waals surface area contributed by atoms with Gasteiger partial charge in [-0.1, -0.05) is 18.2 Å². The Morgan fingerprint density at radius 3 is 2.87 bits per heavy atom. The van der Waals surface area contributed by atoms with Gasteiger partial charge < -0.3 is 14.3 Å². The molecule has 1 aromatic carbocycles. The van der Waals surface area contributed by atoms with Crippen LogP contribution in [-0.2, 0) is 9.53 Å². The molecular weight excluding hydrogens is 196 g/mol. The summed E-state index contributed by atoms with van der Waals surface area (Å²) in [5.41, 5.74) is 0.635. The van der Waals surface area contributed by atoms with E-state index in [1.165, 1.54) is 7.11 Å². The van der Waals surface area contributed by atoms with E-state index in [0.717, 1.165) is 5.39 Å². The first-order valence-corrected chi connectivity index (χ1v) is 4.46. The number of para-hydroxylation sites is 1. The highest BCUT2D eigenvalue weighted by molar-refractivity contribution is 5.81. The van der Waals surface area contributed by atoms with Crippen LogP contribution in [0.2, 0.25) is 0 Å². The normalized spacial score (nSPS) is 12.7. The lowest BCUT2D eigenvalue weighted by Gasteiger charge is -2.03. The molecule has 15 heavy (non-hydrogen) atoms. The first-order chi connectivity index (χ1) is 7.22. The zero-order chi connectivity index (χ0) is 10.8. The lowest BCUT2D eigenvalue weighted by atomic mass is 10.2. The number of hydrogen-bond donors (Lipinski definition) is 1. The minimum atomic E-state index is -1.36. The SMILES string of the molecule is COC(=O)C(O)c1cc2ccccc2o1. The van der Waals surface area contributed by atoms with E-state index in [9.17, 15) is 9.90 Å². The van der Waals surface area contributed by atoms with Crippen LogP contribution in [0.1, 0.15) is 11.9 Å². The minimum Gasteiger partial charge on any atom is -0.467 e. The van der Waals surface area contributed by atoms with Crippen LogP contribution >= 0.6 is 0 Å².